The highest BCUT2D eigenvalue weighted by Gasteiger charge is 2.16. The Bertz CT molecular complexity index is 691. The zero-order valence-electron chi connectivity index (χ0n) is 19.9. The fourth-order valence-electron chi connectivity index (χ4n) is 3.97. The summed E-state index contributed by atoms with van der Waals surface area (Å²) in [6.07, 6.45) is 20.5. The standard InChI is InChI=1S/C26H43IO5/c1-2-3-4-5-6-7-8-9-10-11-12-13-14-15-16-17-21-32-24-20-18-19-23(22-25(28)29)26(24)27(30)31/h18-20H,2-17,21-22H2,1H3,(H,28,29). The molecule has 0 fully saturated rings. The van der Waals surface area contributed by atoms with Crippen LogP contribution in [0.5, 0.6) is 5.75 Å². The number of carboxylic acids is 1. The topological polar surface area (TPSA) is 80.7 Å². The molecule has 6 heteroatoms. The molecule has 0 aliphatic rings. The first-order valence-corrected chi connectivity index (χ1v) is 15.4. The van der Waals surface area contributed by atoms with Crippen LogP contribution in [0, 0.1) is 3.57 Å². The van der Waals surface area contributed by atoms with E-state index in [1.165, 1.54) is 89.9 Å². The summed E-state index contributed by atoms with van der Waals surface area (Å²) >= 11 is -3.83. The van der Waals surface area contributed by atoms with Crippen molar-refractivity contribution in [2.24, 2.45) is 0 Å². The normalized spacial score (nSPS) is 11.2. The number of ether oxygens (including phenoxy) is 1. The van der Waals surface area contributed by atoms with Gasteiger partial charge < -0.3 is 9.84 Å². The minimum atomic E-state index is -3.83. The lowest BCUT2D eigenvalue weighted by atomic mass is 10.0. The van der Waals surface area contributed by atoms with Gasteiger partial charge in [0.25, 0.3) is 0 Å². The zero-order valence-corrected chi connectivity index (χ0v) is 22.1. The predicted octanol–water partition coefficient (Wildman–Crippen LogP) is 8.32. The van der Waals surface area contributed by atoms with Gasteiger partial charge in [-0.2, -0.15) is 0 Å². The van der Waals surface area contributed by atoms with Crippen molar-refractivity contribution in [2.75, 3.05) is 6.61 Å². The third-order valence-corrected chi connectivity index (χ3v) is 7.90. The van der Waals surface area contributed by atoms with Crippen LogP contribution in [0.25, 0.3) is 0 Å². The van der Waals surface area contributed by atoms with E-state index >= 15 is 0 Å². The van der Waals surface area contributed by atoms with Crippen LogP contribution in [0.1, 0.15) is 115 Å². The Morgan fingerprint density at radius 3 is 1.69 bits per heavy atom. The largest absolute Gasteiger partial charge is 0.492 e. The Kier molecular flexibility index (Phi) is 17.4. The lowest BCUT2D eigenvalue weighted by Gasteiger charge is -2.10. The van der Waals surface area contributed by atoms with Crippen molar-refractivity contribution in [2.45, 2.75) is 116 Å². The number of rotatable bonds is 21. The van der Waals surface area contributed by atoms with Gasteiger partial charge in [0, 0.05) is 0 Å². The number of carbonyl (C=O) groups is 1. The van der Waals surface area contributed by atoms with Crippen LogP contribution in [0.15, 0.2) is 18.2 Å². The lowest BCUT2D eigenvalue weighted by Crippen LogP contribution is -2.05. The predicted molar refractivity (Wildman–Crippen MR) is 137 cm³/mol. The van der Waals surface area contributed by atoms with Crippen molar-refractivity contribution in [1.82, 2.24) is 0 Å². The summed E-state index contributed by atoms with van der Waals surface area (Å²) in [5, 5.41) is 8.97. The summed E-state index contributed by atoms with van der Waals surface area (Å²) in [6, 6.07) is 4.82. The molecule has 0 aliphatic carbocycles. The van der Waals surface area contributed by atoms with Gasteiger partial charge in [0.15, 0.2) is 0 Å². The van der Waals surface area contributed by atoms with Gasteiger partial charge in [-0.05, 0) is 18.1 Å². The van der Waals surface area contributed by atoms with Crippen molar-refractivity contribution >= 4 is 25.8 Å². The number of carboxylic acid groups (broad SMARTS) is 1. The van der Waals surface area contributed by atoms with E-state index in [2.05, 4.69) is 6.92 Å². The Morgan fingerprint density at radius 1 is 0.781 bits per heavy atom. The molecule has 0 unspecified atom stereocenters. The number of benzene rings is 1. The fraction of sp³-hybridized carbons (Fsp3) is 0.731. The number of hydrogen-bond acceptors (Lipinski definition) is 4. The molecule has 0 saturated heterocycles. The maximum Gasteiger partial charge on any atom is 0.344 e. The van der Waals surface area contributed by atoms with Crippen LogP contribution >= 0.6 is 19.8 Å². The Hall–Kier alpha value is -1.18. The van der Waals surface area contributed by atoms with E-state index in [9.17, 15) is 10.9 Å². The SMILES string of the molecule is CCCCCCCCCCCCCCCCCCOc1cccc(CC(=O)O)c1I(=O)=O. The second-order valence-electron chi connectivity index (χ2n) is 8.67. The summed E-state index contributed by atoms with van der Waals surface area (Å²) in [4.78, 5) is 11.0. The van der Waals surface area contributed by atoms with Gasteiger partial charge in [-0.15, -0.1) is 0 Å². The zero-order chi connectivity index (χ0) is 23.4. The molecule has 1 rings (SSSR count). The van der Waals surface area contributed by atoms with E-state index in [0.717, 1.165) is 12.8 Å². The van der Waals surface area contributed by atoms with Gasteiger partial charge in [-0.1, -0.05) is 115 Å². The van der Waals surface area contributed by atoms with Crippen LogP contribution in [-0.2, 0) is 17.4 Å². The van der Waals surface area contributed by atoms with E-state index in [4.69, 9.17) is 9.84 Å². The molecule has 1 aromatic rings. The molecule has 1 N–H and O–H groups in total. The average Bonchev–Trinajstić information content (AvgIpc) is 2.75. The average molecular weight is 563 g/mol. The summed E-state index contributed by atoms with van der Waals surface area (Å²) in [7, 11) is 0. The van der Waals surface area contributed by atoms with Gasteiger partial charge in [-0.25, -0.2) is 6.14 Å². The van der Waals surface area contributed by atoms with Crippen LogP contribution in [-0.4, -0.2) is 17.7 Å². The van der Waals surface area contributed by atoms with Crippen molar-refractivity contribution in [1.29, 1.82) is 0 Å². The summed E-state index contributed by atoms with van der Waals surface area (Å²) < 4.78 is 29.1. The Labute approximate surface area is 201 Å². The van der Waals surface area contributed by atoms with Gasteiger partial charge in [0.2, 0.25) is 0 Å². The first kappa shape index (κ1) is 28.9. The van der Waals surface area contributed by atoms with Crippen LogP contribution < -0.4 is 4.74 Å². The second kappa shape index (κ2) is 19.3. The summed E-state index contributed by atoms with van der Waals surface area (Å²) in [6.45, 7) is 2.73. The highest BCUT2D eigenvalue weighted by molar-refractivity contribution is 14.2. The van der Waals surface area contributed by atoms with E-state index < -0.39 is 25.8 Å². The first-order chi connectivity index (χ1) is 15.6. The van der Waals surface area contributed by atoms with Crippen molar-refractivity contribution in [3.8, 4) is 5.75 Å². The third kappa shape index (κ3) is 14.1. The fourth-order valence-corrected chi connectivity index (χ4v) is 5.68. The van der Waals surface area contributed by atoms with Crippen molar-refractivity contribution < 1.29 is 20.8 Å². The lowest BCUT2D eigenvalue weighted by molar-refractivity contribution is -0.136. The van der Waals surface area contributed by atoms with Gasteiger partial charge >= 0.3 is 25.8 Å². The molecule has 0 radical (unpaired) electrons. The number of aliphatic carboxylic acids is 1. The number of hydrogen-bond donors (Lipinski definition) is 1. The third-order valence-electron chi connectivity index (χ3n) is 5.79. The molecular formula is C26H43IO5. The molecule has 0 amide bonds. The Balaban J connectivity index is 2.03. The van der Waals surface area contributed by atoms with Gasteiger partial charge in [-0.3, -0.25) is 4.79 Å². The van der Waals surface area contributed by atoms with E-state index in [1.54, 1.807) is 18.2 Å². The molecular weight excluding hydrogens is 519 g/mol. The molecule has 1 aromatic carbocycles. The smallest absolute Gasteiger partial charge is 0.344 e. The van der Waals surface area contributed by atoms with E-state index in [1.807, 2.05) is 0 Å². The van der Waals surface area contributed by atoms with E-state index in [0.29, 0.717) is 17.9 Å². The molecule has 32 heavy (non-hydrogen) atoms. The van der Waals surface area contributed by atoms with Crippen LogP contribution in [0.2, 0.25) is 0 Å². The summed E-state index contributed by atoms with van der Waals surface area (Å²) in [5.74, 6) is -0.737. The van der Waals surface area contributed by atoms with Crippen LogP contribution in [0.3, 0.4) is 0 Å². The minimum absolute atomic E-state index is 0.0931. The monoisotopic (exact) mass is 562 g/mol. The molecule has 0 heterocycles. The van der Waals surface area contributed by atoms with Crippen molar-refractivity contribution in [3.63, 3.8) is 0 Å². The summed E-state index contributed by atoms with van der Waals surface area (Å²) in [5.41, 5.74) is 0.317. The number of unbranched alkanes of at least 4 members (excludes halogenated alkanes) is 15. The maximum absolute atomic E-state index is 11.7. The Morgan fingerprint density at radius 2 is 1.25 bits per heavy atom. The van der Waals surface area contributed by atoms with Crippen LogP contribution in [0.4, 0.5) is 0 Å². The van der Waals surface area contributed by atoms with E-state index in [-0.39, 0.29) is 9.99 Å². The molecule has 0 bridgehead atoms. The quantitative estimate of drug-likeness (QED) is 0.120. The molecule has 0 atom stereocenters. The number of halogens is 1. The molecule has 184 valence electrons. The maximum atomic E-state index is 11.7. The minimum Gasteiger partial charge on any atom is -0.492 e. The first-order valence-electron chi connectivity index (χ1n) is 12.6. The molecule has 0 saturated carbocycles. The van der Waals surface area contributed by atoms with Gasteiger partial charge in [0.05, 0.1) is 13.0 Å². The van der Waals surface area contributed by atoms with Crippen molar-refractivity contribution in [3.05, 3.63) is 27.3 Å². The molecule has 5 nitrogen and oxygen atoms in total. The highest BCUT2D eigenvalue weighted by atomic mass is 127. The molecule has 0 aliphatic heterocycles. The molecule has 0 aromatic heterocycles. The second-order valence-corrected chi connectivity index (χ2v) is 11.0. The molecule has 0 spiro atoms. The highest BCUT2D eigenvalue weighted by Crippen LogP contribution is 2.32. The van der Waals surface area contributed by atoms with Gasteiger partial charge in [0.1, 0.15) is 9.32 Å².